The van der Waals surface area contributed by atoms with Gasteiger partial charge in [0.1, 0.15) is 0 Å². The predicted molar refractivity (Wildman–Crippen MR) is 72.2 cm³/mol. The van der Waals surface area contributed by atoms with E-state index in [1.165, 1.54) is 36.8 Å². The number of hydrogen-bond acceptors (Lipinski definition) is 1. The van der Waals surface area contributed by atoms with E-state index in [2.05, 4.69) is 18.2 Å². The Morgan fingerprint density at radius 1 is 1.11 bits per heavy atom. The Labute approximate surface area is 108 Å². The van der Waals surface area contributed by atoms with E-state index in [1.54, 1.807) is 0 Å². The highest BCUT2D eigenvalue weighted by molar-refractivity contribution is 5.87. The van der Waals surface area contributed by atoms with Crippen LogP contribution in [-0.2, 0) is 0 Å². The topological polar surface area (TPSA) is 17.1 Å². The van der Waals surface area contributed by atoms with E-state index in [0.29, 0.717) is 0 Å². The molecule has 4 rings (SSSR count). The first-order chi connectivity index (χ1) is 8.88. The van der Waals surface area contributed by atoms with Crippen LogP contribution in [0.2, 0.25) is 0 Å². The number of carbonyl (C=O) groups is 1. The second-order valence-electron chi connectivity index (χ2n) is 6.09. The molecule has 3 aliphatic rings. The molecular formula is C17H18O. The summed E-state index contributed by atoms with van der Waals surface area (Å²) in [5.41, 5.74) is 3.54. The Kier molecular flexibility index (Phi) is 2.23. The van der Waals surface area contributed by atoms with Crippen LogP contribution in [0.1, 0.15) is 41.6 Å². The Balaban J connectivity index is 1.77. The van der Waals surface area contributed by atoms with E-state index in [-0.39, 0.29) is 0 Å². The van der Waals surface area contributed by atoms with Gasteiger partial charge in [-0.05, 0) is 54.1 Å². The van der Waals surface area contributed by atoms with Crippen molar-refractivity contribution >= 4 is 11.9 Å². The number of hydrogen-bond donors (Lipinski definition) is 0. The van der Waals surface area contributed by atoms with Crippen molar-refractivity contribution in [3.63, 3.8) is 0 Å². The molecule has 0 spiro atoms. The largest absolute Gasteiger partial charge is 0.298 e. The minimum atomic E-state index is 0.739. The van der Waals surface area contributed by atoms with E-state index in [0.717, 1.165) is 35.5 Å². The summed E-state index contributed by atoms with van der Waals surface area (Å²) in [4.78, 5) is 11.2. The summed E-state index contributed by atoms with van der Waals surface area (Å²) in [6.45, 7) is 0. The molecule has 1 heteroatoms. The van der Waals surface area contributed by atoms with Crippen molar-refractivity contribution in [1.29, 1.82) is 0 Å². The van der Waals surface area contributed by atoms with Crippen LogP contribution in [-0.4, -0.2) is 6.29 Å². The minimum absolute atomic E-state index is 0.739. The number of allylic oxidation sites excluding steroid dienone is 2. The number of benzene rings is 1. The summed E-state index contributed by atoms with van der Waals surface area (Å²) in [6, 6.07) is 8.09. The molecular weight excluding hydrogens is 220 g/mol. The number of fused-ring (bicyclic) bond motifs is 5. The smallest absolute Gasteiger partial charge is 0.150 e. The van der Waals surface area contributed by atoms with Crippen molar-refractivity contribution < 1.29 is 4.79 Å². The third kappa shape index (κ3) is 1.31. The maximum Gasteiger partial charge on any atom is 0.150 e. The fourth-order valence-corrected chi connectivity index (χ4v) is 4.75. The van der Waals surface area contributed by atoms with Crippen molar-refractivity contribution in [2.24, 2.45) is 23.7 Å². The quantitative estimate of drug-likeness (QED) is 0.713. The summed E-state index contributed by atoms with van der Waals surface area (Å²) >= 11 is 0. The molecule has 1 nitrogen and oxygen atoms in total. The van der Waals surface area contributed by atoms with Gasteiger partial charge in [0.25, 0.3) is 0 Å². The van der Waals surface area contributed by atoms with Gasteiger partial charge in [0.05, 0.1) is 0 Å². The monoisotopic (exact) mass is 238 g/mol. The summed E-state index contributed by atoms with van der Waals surface area (Å²) in [6.07, 6.45) is 9.10. The van der Waals surface area contributed by atoms with Gasteiger partial charge >= 0.3 is 0 Å². The second kappa shape index (κ2) is 3.81. The van der Waals surface area contributed by atoms with Crippen molar-refractivity contribution in [1.82, 2.24) is 0 Å². The third-order valence-electron chi connectivity index (χ3n) is 5.41. The van der Waals surface area contributed by atoms with Gasteiger partial charge in [-0.1, -0.05) is 36.8 Å². The molecule has 1 aromatic rings. The number of carbonyl (C=O) groups excluding carboxylic acids is 1. The molecule has 0 aromatic heterocycles. The average Bonchev–Trinajstić information content (AvgIpc) is 3.10. The molecule has 0 heterocycles. The van der Waals surface area contributed by atoms with E-state index in [9.17, 15) is 4.79 Å². The van der Waals surface area contributed by atoms with Gasteiger partial charge in [-0.2, -0.15) is 0 Å². The fraction of sp³-hybridized carbons (Fsp3) is 0.471. The van der Waals surface area contributed by atoms with Gasteiger partial charge in [0.15, 0.2) is 6.29 Å². The fourth-order valence-electron chi connectivity index (χ4n) is 4.75. The standard InChI is InChI=1S/C17H18O/c18-10-11-4-1-2-5-13(11)16-8-12-9-17(16)15-7-3-6-14(12)15/h1-2,4-5,8,10,12,14-15,17H,3,6-7,9H2. The van der Waals surface area contributed by atoms with E-state index < -0.39 is 0 Å². The zero-order chi connectivity index (χ0) is 12.1. The highest BCUT2D eigenvalue weighted by Gasteiger charge is 2.50. The normalized spacial score (nSPS) is 36.6. The Morgan fingerprint density at radius 3 is 2.83 bits per heavy atom. The van der Waals surface area contributed by atoms with Gasteiger partial charge < -0.3 is 0 Å². The molecule has 2 fully saturated rings. The summed E-state index contributed by atoms with van der Waals surface area (Å²) in [5, 5.41) is 0. The molecule has 0 aliphatic heterocycles. The molecule has 0 radical (unpaired) electrons. The van der Waals surface area contributed by atoms with Crippen molar-refractivity contribution in [3.05, 3.63) is 41.5 Å². The molecule has 1 aromatic carbocycles. The highest BCUT2D eigenvalue weighted by atomic mass is 16.1. The highest BCUT2D eigenvalue weighted by Crippen LogP contribution is 2.60. The van der Waals surface area contributed by atoms with Gasteiger partial charge in [0.2, 0.25) is 0 Å². The molecule has 2 bridgehead atoms. The molecule has 0 amide bonds. The minimum Gasteiger partial charge on any atom is -0.298 e. The first kappa shape index (κ1) is 10.5. The lowest BCUT2D eigenvalue weighted by atomic mass is 9.79. The van der Waals surface area contributed by atoms with Gasteiger partial charge in [-0.15, -0.1) is 0 Å². The van der Waals surface area contributed by atoms with Crippen LogP contribution in [0.25, 0.3) is 5.57 Å². The van der Waals surface area contributed by atoms with Crippen LogP contribution in [0.4, 0.5) is 0 Å². The van der Waals surface area contributed by atoms with Gasteiger partial charge in [-0.25, -0.2) is 0 Å². The van der Waals surface area contributed by atoms with Crippen molar-refractivity contribution in [2.45, 2.75) is 25.7 Å². The van der Waals surface area contributed by atoms with Gasteiger partial charge in [0, 0.05) is 5.56 Å². The van der Waals surface area contributed by atoms with Crippen LogP contribution in [0.5, 0.6) is 0 Å². The van der Waals surface area contributed by atoms with Crippen molar-refractivity contribution in [3.8, 4) is 0 Å². The Morgan fingerprint density at radius 2 is 1.94 bits per heavy atom. The molecule has 3 aliphatic carbocycles. The molecule has 0 N–H and O–H groups in total. The number of rotatable bonds is 2. The maximum atomic E-state index is 11.2. The zero-order valence-electron chi connectivity index (χ0n) is 10.5. The maximum absolute atomic E-state index is 11.2. The first-order valence-electron chi connectivity index (χ1n) is 7.15. The Hall–Kier alpha value is -1.37. The van der Waals surface area contributed by atoms with Crippen LogP contribution in [0, 0.1) is 23.7 Å². The van der Waals surface area contributed by atoms with E-state index >= 15 is 0 Å². The summed E-state index contributed by atoms with van der Waals surface area (Å²) in [5.74, 6) is 3.41. The van der Waals surface area contributed by atoms with Crippen LogP contribution in [0.15, 0.2) is 30.3 Å². The third-order valence-corrected chi connectivity index (χ3v) is 5.41. The van der Waals surface area contributed by atoms with Crippen LogP contribution in [0.3, 0.4) is 0 Å². The number of aldehydes is 1. The molecule has 4 atom stereocenters. The van der Waals surface area contributed by atoms with Gasteiger partial charge in [-0.3, -0.25) is 4.79 Å². The summed E-state index contributed by atoms with van der Waals surface area (Å²) < 4.78 is 0. The molecule has 92 valence electrons. The van der Waals surface area contributed by atoms with Crippen molar-refractivity contribution in [2.75, 3.05) is 0 Å². The predicted octanol–water partition coefficient (Wildman–Crippen LogP) is 3.95. The average molecular weight is 238 g/mol. The molecule has 0 saturated heterocycles. The second-order valence-corrected chi connectivity index (χ2v) is 6.09. The first-order valence-corrected chi connectivity index (χ1v) is 7.15. The Bertz CT molecular complexity index is 528. The van der Waals surface area contributed by atoms with Crippen LogP contribution >= 0.6 is 0 Å². The zero-order valence-corrected chi connectivity index (χ0v) is 10.5. The SMILES string of the molecule is O=Cc1ccccc1C1=CC2CC1C1CCCC21. The molecule has 18 heavy (non-hydrogen) atoms. The van der Waals surface area contributed by atoms with E-state index in [4.69, 9.17) is 0 Å². The van der Waals surface area contributed by atoms with Crippen LogP contribution < -0.4 is 0 Å². The van der Waals surface area contributed by atoms with E-state index in [1.807, 2.05) is 12.1 Å². The molecule has 4 unspecified atom stereocenters. The summed E-state index contributed by atoms with van der Waals surface area (Å²) in [7, 11) is 0. The lowest BCUT2D eigenvalue weighted by Gasteiger charge is -2.26. The lowest BCUT2D eigenvalue weighted by Crippen LogP contribution is -2.16. The molecule has 2 saturated carbocycles. The lowest BCUT2D eigenvalue weighted by molar-refractivity contribution is 0.112.